The molecule has 0 aliphatic heterocycles. The summed E-state index contributed by atoms with van der Waals surface area (Å²) in [6.45, 7) is 3.03. The first-order chi connectivity index (χ1) is 13.6. The number of ether oxygens (including phenoxy) is 1. The number of ketones is 1. The lowest BCUT2D eigenvalue weighted by Crippen LogP contribution is -2.31. The molecule has 3 rings (SSSR count). The number of pyridine rings is 1. The molecule has 0 amide bonds. The van der Waals surface area contributed by atoms with Crippen LogP contribution in [0, 0.1) is 9.39 Å². The van der Waals surface area contributed by atoms with Crippen LogP contribution in [0.15, 0.2) is 23.0 Å². The van der Waals surface area contributed by atoms with Crippen molar-refractivity contribution in [1.82, 2.24) is 4.57 Å². The third kappa shape index (κ3) is 4.95. The first-order valence-corrected chi connectivity index (χ1v) is 10.7. The fourth-order valence-electron chi connectivity index (χ4n) is 3.77. The van der Waals surface area contributed by atoms with Gasteiger partial charge in [-0.15, -0.1) is 0 Å². The van der Waals surface area contributed by atoms with Crippen LogP contribution in [0.4, 0.5) is 4.39 Å². The average molecular weight is 513 g/mol. The number of aromatic nitrogens is 1. The lowest BCUT2D eigenvalue weighted by Gasteiger charge is -2.20. The number of halogens is 2. The molecular weight excluding hydrogens is 488 g/mol. The van der Waals surface area contributed by atoms with Gasteiger partial charge < -0.3 is 14.4 Å². The number of carbonyl (C=O) groups excluding carboxylic acids is 1. The normalized spacial score (nSPS) is 13.6. The van der Waals surface area contributed by atoms with E-state index >= 15 is 0 Å². The van der Waals surface area contributed by atoms with E-state index in [0.717, 1.165) is 15.6 Å². The second kappa shape index (κ2) is 8.65. The minimum absolute atomic E-state index is 0.0216. The molecule has 0 atom stereocenters. The number of fused-ring (bicyclic) bond motifs is 1. The number of Topliss-reactive ketones (excluding diaryl/α,β-unsaturated/α-hetero) is 1. The van der Waals surface area contributed by atoms with Crippen molar-refractivity contribution < 1.29 is 19.0 Å². The zero-order valence-electron chi connectivity index (χ0n) is 16.8. The predicted molar refractivity (Wildman–Crippen MR) is 117 cm³/mol. The van der Waals surface area contributed by atoms with Crippen molar-refractivity contribution in [2.45, 2.75) is 45.1 Å². The second-order valence-corrected chi connectivity index (χ2v) is 9.38. The van der Waals surface area contributed by atoms with Gasteiger partial charge in [0, 0.05) is 33.9 Å². The maximum absolute atomic E-state index is 14.5. The number of nitrogens with zero attached hydrogens (tertiary/aromatic N) is 1. The summed E-state index contributed by atoms with van der Waals surface area (Å²) < 4.78 is 22.2. The summed E-state index contributed by atoms with van der Waals surface area (Å²) in [5.41, 5.74) is 1.69. The van der Waals surface area contributed by atoms with Gasteiger partial charge in [0.15, 0.2) is 5.78 Å². The minimum atomic E-state index is -1.04. The van der Waals surface area contributed by atoms with Gasteiger partial charge in [-0.25, -0.2) is 4.39 Å². The standard InChI is InChI=1S/C22H25FINO4/c1-22(2,28)12-29-11-19(26)20-15-5-4-6-16(15)21(27)25(3)18(20)9-13-7-8-14(24)10-17(13)23/h7-8,10,28H,4-6,9,11-12H2,1-3H3. The van der Waals surface area contributed by atoms with E-state index in [1.807, 2.05) is 22.6 Å². The Bertz CT molecular complexity index is 1010. The van der Waals surface area contributed by atoms with Crippen LogP contribution in [0.2, 0.25) is 0 Å². The van der Waals surface area contributed by atoms with Gasteiger partial charge in [-0.2, -0.15) is 0 Å². The zero-order valence-corrected chi connectivity index (χ0v) is 19.0. The van der Waals surface area contributed by atoms with Gasteiger partial charge in [0.05, 0.1) is 12.2 Å². The van der Waals surface area contributed by atoms with E-state index in [4.69, 9.17) is 4.74 Å². The van der Waals surface area contributed by atoms with Crippen LogP contribution in [-0.4, -0.2) is 34.3 Å². The molecule has 1 heterocycles. The quantitative estimate of drug-likeness (QED) is 0.457. The summed E-state index contributed by atoms with van der Waals surface area (Å²) in [5, 5.41) is 9.81. The van der Waals surface area contributed by atoms with E-state index in [1.54, 1.807) is 33.0 Å². The molecule has 156 valence electrons. The number of benzene rings is 1. The molecule has 0 unspecified atom stereocenters. The molecule has 29 heavy (non-hydrogen) atoms. The fourth-order valence-corrected chi connectivity index (χ4v) is 4.22. The van der Waals surface area contributed by atoms with Crippen LogP contribution in [-0.2, 0) is 31.0 Å². The van der Waals surface area contributed by atoms with Crippen molar-refractivity contribution in [3.05, 3.63) is 65.9 Å². The Hall–Kier alpha value is -1.58. The smallest absolute Gasteiger partial charge is 0.254 e. The van der Waals surface area contributed by atoms with E-state index < -0.39 is 5.60 Å². The predicted octanol–water partition coefficient (Wildman–Crippen LogP) is 3.18. The number of hydrogen-bond donors (Lipinski definition) is 1. The van der Waals surface area contributed by atoms with E-state index in [2.05, 4.69) is 0 Å². The van der Waals surface area contributed by atoms with E-state index in [1.165, 1.54) is 10.6 Å². The molecule has 1 aromatic carbocycles. The molecule has 0 bridgehead atoms. The highest BCUT2D eigenvalue weighted by Gasteiger charge is 2.28. The average Bonchev–Trinajstić information content (AvgIpc) is 3.10. The summed E-state index contributed by atoms with van der Waals surface area (Å²) in [4.78, 5) is 25.9. The fraction of sp³-hybridized carbons (Fsp3) is 0.455. The highest BCUT2D eigenvalue weighted by Crippen LogP contribution is 2.28. The molecule has 0 spiro atoms. The maximum atomic E-state index is 14.5. The Kier molecular flexibility index (Phi) is 6.60. The Morgan fingerprint density at radius 2 is 2.00 bits per heavy atom. The lowest BCUT2D eigenvalue weighted by atomic mass is 9.95. The molecule has 0 radical (unpaired) electrons. The third-order valence-electron chi connectivity index (χ3n) is 5.12. The summed E-state index contributed by atoms with van der Waals surface area (Å²) >= 11 is 2.04. The van der Waals surface area contributed by atoms with Crippen LogP contribution < -0.4 is 5.56 Å². The first kappa shape index (κ1) is 22.1. The third-order valence-corrected chi connectivity index (χ3v) is 5.79. The van der Waals surface area contributed by atoms with Crippen LogP contribution in [0.25, 0.3) is 0 Å². The summed E-state index contributed by atoms with van der Waals surface area (Å²) in [7, 11) is 1.63. The Labute approximate surface area is 183 Å². The van der Waals surface area contributed by atoms with Crippen molar-refractivity contribution >= 4 is 28.4 Å². The first-order valence-electron chi connectivity index (χ1n) is 9.59. The molecule has 0 saturated carbocycles. The summed E-state index contributed by atoms with van der Waals surface area (Å²) in [5.74, 6) is -0.606. The number of aliphatic hydroxyl groups is 1. The molecule has 0 fully saturated rings. The van der Waals surface area contributed by atoms with Gasteiger partial charge in [-0.05, 0) is 79.0 Å². The highest BCUT2D eigenvalue weighted by molar-refractivity contribution is 14.1. The van der Waals surface area contributed by atoms with Gasteiger partial charge in [0.2, 0.25) is 0 Å². The number of hydrogen-bond acceptors (Lipinski definition) is 4. The largest absolute Gasteiger partial charge is 0.388 e. The SMILES string of the molecule is Cn1c(Cc2ccc(I)cc2F)c(C(=O)COCC(C)(C)O)c2c(c1=O)CCC2. The van der Waals surface area contributed by atoms with E-state index in [-0.39, 0.29) is 36.8 Å². The molecular formula is C22H25FINO4. The topological polar surface area (TPSA) is 68.5 Å². The number of rotatable bonds is 7. The molecule has 7 heteroatoms. The molecule has 1 N–H and O–H groups in total. The van der Waals surface area contributed by atoms with Gasteiger partial charge in [0.25, 0.3) is 5.56 Å². The van der Waals surface area contributed by atoms with Crippen molar-refractivity contribution in [3.63, 3.8) is 0 Å². The van der Waals surface area contributed by atoms with Crippen LogP contribution in [0.1, 0.15) is 53.0 Å². The zero-order chi connectivity index (χ0) is 21.3. The molecule has 1 aliphatic carbocycles. The van der Waals surface area contributed by atoms with E-state index in [0.29, 0.717) is 35.2 Å². The van der Waals surface area contributed by atoms with Gasteiger partial charge >= 0.3 is 0 Å². The second-order valence-electron chi connectivity index (χ2n) is 8.14. The van der Waals surface area contributed by atoms with Gasteiger partial charge in [0.1, 0.15) is 12.4 Å². The van der Waals surface area contributed by atoms with Crippen molar-refractivity contribution in [1.29, 1.82) is 0 Å². The molecule has 0 saturated heterocycles. The Morgan fingerprint density at radius 3 is 2.66 bits per heavy atom. The highest BCUT2D eigenvalue weighted by atomic mass is 127. The molecule has 1 aromatic heterocycles. The van der Waals surface area contributed by atoms with Gasteiger partial charge in [-0.1, -0.05) is 6.07 Å². The summed E-state index contributed by atoms with van der Waals surface area (Å²) in [6.07, 6.45) is 2.26. The Morgan fingerprint density at radius 1 is 1.31 bits per heavy atom. The van der Waals surface area contributed by atoms with Crippen LogP contribution >= 0.6 is 22.6 Å². The Balaban J connectivity index is 2.03. The minimum Gasteiger partial charge on any atom is -0.388 e. The molecule has 5 nitrogen and oxygen atoms in total. The van der Waals surface area contributed by atoms with Gasteiger partial charge in [-0.3, -0.25) is 9.59 Å². The van der Waals surface area contributed by atoms with Crippen LogP contribution in [0.3, 0.4) is 0 Å². The van der Waals surface area contributed by atoms with Crippen LogP contribution in [0.5, 0.6) is 0 Å². The van der Waals surface area contributed by atoms with Crippen molar-refractivity contribution in [3.8, 4) is 0 Å². The van der Waals surface area contributed by atoms with Crippen molar-refractivity contribution in [2.24, 2.45) is 7.05 Å². The lowest BCUT2D eigenvalue weighted by molar-refractivity contribution is -0.0161. The van der Waals surface area contributed by atoms with E-state index in [9.17, 15) is 19.1 Å². The van der Waals surface area contributed by atoms with Crippen molar-refractivity contribution in [2.75, 3.05) is 13.2 Å². The monoisotopic (exact) mass is 513 g/mol. The number of carbonyl (C=O) groups is 1. The maximum Gasteiger partial charge on any atom is 0.254 e. The molecule has 1 aliphatic rings. The summed E-state index contributed by atoms with van der Waals surface area (Å²) in [6, 6.07) is 4.93. The molecule has 2 aromatic rings.